The maximum atomic E-state index is 3.89. The third kappa shape index (κ3) is 5.03. The summed E-state index contributed by atoms with van der Waals surface area (Å²) in [4.78, 5) is 2.36. The fraction of sp³-hybridized carbons (Fsp3) is 0. The van der Waals surface area contributed by atoms with Crippen molar-refractivity contribution in [3.8, 4) is 22.5 Å². The Morgan fingerprint density at radius 1 is 0.327 bits per heavy atom. The van der Waals surface area contributed by atoms with E-state index in [0.717, 1.165) is 44.0 Å². The number of fused-ring (bicyclic) bond motifs is 6. The number of aromatic nitrogens is 2. The molecule has 0 N–H and O–H groups in total. The summed E-state index contributed by atoms with van der Waals surface area (Å²) in [7, 11) is 0. The van der Waals surface area contributed by atoms with E-state index in [4.69, 9.17) is 0 Å². The summed E-state index contributed by atoms with van der Waals surface area (Å²) in [5.74, 6) is 0. The van der Waals surface area contributed by atoms with Gasteiger partial charge in [0.1, 0.15) is 0 Å². The second kappa shape index (κ2) is 12.4. The highest BCUT2D eigenvalue weighted by Gasteiger charge is 2.19. The van der Waals surface area contributed by atoms with E-state index in [2.05, 4.69) is 224 Å². The Morgan fingerprint density at radius 2 is 0.827 bits per heavy atom. The Morgan fingerprint density at radius 3 is 1.44 bits per heavy atom. The van der Waals surface area contributed by atoms with E-state index in [9.17, 15) is 0 Å². The summed E-state index contributed by atoms with van der Waals surface area (Å²) in [6, 6.07) is 69.8. The van der Waals surface area contributed by atoms with Crippen LogP contribution < -0.4 is 4.90 Å². The number of anilines is 3. The van der Waals surface area contributed by atoms with Crippen LogP contribution in [0.15, 0.2) is 199 Å². The average Bonchev–Trinajstić information content (AvgIpc) is 3.71. The molecule has 0 bridgehead atoms. The zero-order chi connectivity index (χ0) is 34.6. The highest BCUT2D eigenvalue weighted by atomic mass is 79.9. The van der Waals surface area contributed by atoms with Gasteiger partial charge in [0, 0.05) is 54.5 Å². The lowest BCUT2D eigenvalue weighted by Crippen LogP contribution is -2.10. The van der Waals surface area contributed by atoms with Gasteiger partial charge in [-0.1, -0.05) is 119 Å². The molecule has 0 unspecified atom stereocenters. The monoisotopic (exact) mass is 729 g/mol. The molecule has 0 saturated carbocycles. The van der Waals surface area contributed by atoms with E-state index < -0.39 is 0 Å². The number of halogens is 1. The van der Waals surface area contributed by atoms with Crippen molar-refractivity contribution in [3.05, 3.63) is 199 Å². The number of benzene rings is 8. The minimum atomic E-state index is 1.02. The predicted molar refractivity (Wildman–Crippen MR) is 223 cm³/mol. The minimum absolute atomic E-state index is 1.02. The Kier molecular flexibility index (Phi) is 7.29. The van der Waals surface area contributed by atoms with Gasteiger partial charge >= 0.3 is 0 Å². The summed E-state index contributed by atoms with van der Waals surface area (Å²) < 4.78 is 5.75. The Hall–Kier alpha value is -6.36. The van der Waals surface area contributed by atoms with Crippen molar-refractivity contribution < 1.29 is 0 Å². The van der Waals surface area contributed by atoms with Gasteiger partial charge in [-0.15, -0.1) is 0 Å². The van der Waals surface area contributed by atoms with Crippen LogP contribution in [0, 0.1) is 0 Å². The Labute approximate surface area is 310 Å². The van der Waals surface area contributed by atoms with Crippen molar-refractivity contribution in [1.29, 1.82) is 0 Å². The largest absolute Gasteiger partial charge is 0.310 e. The lowest BCUT2D eigenvalue weighted by atomic mass is 10.0. The summed E-state index contributed by atoms with van der Waals surface area (Å²) in [5, 5.41) is 4.98. The molecular weight excluding hydrogens is 698 g/mol. The lowest BCUT2D eigenvalue weighted by molar-refractivity contribution is 1.18. The molecule has 0 spiro atoms. The topological polar surface area (TPSA) is 13.1 Å². The van der Waals surface area contributed by atoms with Gasteiger partial charge in [-0.3, -0.25) is 0 Å². The molecule has 246 valence electrons. The van der Waals surface area contributed by atoms with Crippen LogP contribution in [0.5, 0.6) is 0 Å². The molecule has 0 aliphatic carbocycles. The maximum absolute atomic E-state index is 3.89. The second-order valence-electron chi connectivity index (χ2n) is 13.2. The molecule has 8 aromatic carbocycles. The lowest BCUT2D eigenvalue weighted by Gasteiger charge is -2.26. The van der Waals surface area contributed by atoms with Crippen LogP contribution in [0.1, 0.15) is 0 Å². The van der Waals surface area contributed by atoms with Crippen molar-refractivity contribution in [1.82, 2.24) is 9.13 Å². The fourth-order valence-electron chi connectivity index (χ4n) is 7.85. The van der Waals surface area contributed by atoms with E-state index >= 15 is 0 Å². The van der Waals surface area contributed by atoms with E-state index in [0.29, 0.717) is 0 Å². The second-order valence-corrected chi connectivity index (χ2v) is 14.1. The summed E-state index contributed by atoms with van der Waals surface area (Å²) in [5.41, 5.74) is 12.7. The molecule has 0 radical (unpaired) electrons. The van der Waals surface area contributed by atoms with E-state index in [-0.39, 0.29) is 0 Å². The number of hydrogen-bond donors (Lipinski definition) is 0. The standard InChI is InChI=1S/C48H32BrN3/c49-35-29-34(33-23-25-38(26-24-33)52-45-20-10-7-17-41(45)42-18-8-11-21-46(42)52)30-40(31-35)50(36-13-3-1-4-14-36)39-27-28-48-44(32-39)43-19-9-12-22-47(43)51(48)37-15-5-2-6-16-37/h1-32H. The van der Waals surface area contributed by atoms with Gasteiger partial charge in [-0.2, -0.15) is 0 Å². The molecule has 10 aromatic rings. The van der Waals surface area contributed by atoms with E-state index in [1.165, 1.54) is 43.6 Å². The van der Waals surface area contributed by atoms with Gasteiger partial charge < -0.3 is 14.0 Å². The normalized spacial score (nSPS) is 11.6. The molecule has 0 saturated heterocycles. The molecule has 0 fully saturated rings. The van der Waals surface area contributed by atoms with Crippen molar-refractivity contribution in [2.75, 3.05) is 4.90 Å². The van der Waals surface area contributed by atoms with Crippen LogP contribution in [0.25, 0.3) is 66.1 Å². The molecule has 0 atom stereocenters. The SMILES string of the molecule is Brc1cc(-c2ccc(-n3c4ccccc4c4ccccc43)cc2)cc(N(c2ccccc2)c2ccc3c(c2)c2ccccc2n3-c2ccccc2)c1. The molecule has 0 aliphatic rings. The number of nitrogens with zero attached hydrogens (tertiary/aromatic N) is 3. The molecule has 0 amide bonds. The maximum Gasteiger partial charge on any atom is 0.0542 e. The van der Waals surface area contributed by atoms with Gasteiger partial charge in [0.2, 0.25) is 0 Å². The predicted octanol–water partition coefficient (Wildman–Crippen LogP) is 13.8. The highest BCUT2D eigenvalue weighted by Crippen LogP contribution is 2.42. The quantitative estimate of drug-likeness (QED) is 0.166. The van der Waals surface area contributed by atoms with E-state index in [1.54, 1.807) is 0 Å². The fourth-order valence-corrected chi connectivity index (χ4v) is 8.33. The molecule has 0 aliphatic heterocycles. The first kappa shape index (κ1) is 30.5. The van der Waals surface area contributed by atoms with Crippen molar-refractivity contribution in [3.63, 3.8) is 0 Å². The summed E-state index contributed by atoms with van der Waals surface area (Å²) >= 11 is 3.89. The number of hydrogen-bond acceptors (Lipinski definition) is 1. The van der Waals surface area contributed by atoms with Crippen LogP contribution in [-0.2, 0) is 0 Å². The molecule has 52 heavy (non-hydrogen) atoms. The molecule has 4 heteroatoms. The Bertz CT molecular complexity index is 2850. The van der Waals surface area contributed by atoms with Crippen LogP contribution in [0.4, 0.5) is 17.1 Å². The molecule has 2 aromatic heterocycles. The van der Waals surface area contributed by atoms with Crippen LogP contribution >= 0.6 is 15.9 Å². The first-order valence-electron chi connectivity index (χ1n) is 17.5. The van der Waals surface area contributed by atoms with Gasteiger partial charge in [0.25, 0.3) is 0 Å². The van der Waals surface area contributed by atoms with Crippen LogP contribution in [0.3, 0.4) is 0 Å². The van der Waals surface area contributed by atoms with Gasteiger partial charge in [-0.05, 0) is 102 Å². The van der Waals surface area contributed by atoms with Crippen LogP contribution in [-0.4, -0.2) is 9.13 Å². The number of rotatable bonds is 6. The first-order valence-corrected chi connectivity index (χ1v) is 18.3. The van der Waals surface area contributed by atoms with Gasteiger partial charge in [-0.25, -0.2) is 0 Å². The average molecular weight is 731 g/mol. The van der Waals surface area contributed by atoms with Crippen molar-refractivity contribution in [2.24, 2.45) is 0 Å². The van der Waals surface area contributed by atoms with Gasteiger partial charge in [0.05, 0.1) is 22.1 Å². The molecular formula is C48H32BrN3. The van der Waals surface area contributed by atoms with Crippen LogP contribution in [0.2, 0.25) is 0 Å². The number of para-hydroxylation sites is 5. The zero-order valence-corrected chi connectivity index (χ0v) is 29.8. The highest BCUT2D eigenvalue weighted by molar-refractivity contribution is 9.10. The minimum Gasteiger partial charge on any atom is -0.310 e. The van der Waals surface area contributed by atoms with E-state index in [1.807, 2.05) is 0 Å². The molecule has 10 rings (SSSR count). The third-order valence-corrected chi connectivity index (χ3v) is 10.6. The third-order valence-electron chi connectivity index (χ3n) is 10.1. The molecule has 3 nitrogen and oxygen atoms in total. The summed E-state index contributed by atoms with van der Waals surface area (Å²) in [6.07, 6.45) is 0. The zero-order valence-electron chi connectivity index (χ0n) is 28.2. The van der Waals surface area contributed by atoms with Crippen molar-refractivity contribution >= 4 is 76.6 Å². The Balaban J connectivity index is 1.10. The van der Waals surface area contributed by atoms with Crippen molar-refractivity contribution in [2.45, 2.75) is 0 Å². The van der Waals surface area contributed by atoms with Gasteiger partial charge in [0.15, 0.2) is 0 Å². The molecule has 2 heterocycles. The summed E-state index contributed by atoms with van der Waals surface area (Å²) in [6.45, 7) is 0. The first-order chi connectivity index (χ1) is 25.7. The smallest absolute Gasteiger partial charge is 0.0542 e.